The molecule has 2 aromatic rings. The first-order valence-electron chi connectivity index (χ1n) is 8.23. The lowest BCUT2D eigenvalue weighted by molar-refractivity contribution is -0.148. The molecule has 2 rings (SSSR count). The summed E-state index contributed by atoms with van der Waals surface area (Å²) in [5.41, 5.74) is 0.887. The molecule has 0 saturated heterocycles. The quantitative estimate of drug-likeness (QED) is 0.655. The molecule has 0 bridgehead atoms. The van der Waals surface area contributed by atoms with E-state index >= 15 is 0 Å². The number of anilines is 1. The van der Waals surface area contributed by atoms with Gasteiger partial charge in [0.15, 0.2) is 6.61 Å². The summed E-state index contributed by atoms with van der Waals surface area (Å²) in [6, 6.07) is 12.8. The number of rotatable bonds is 8. The Morgan fingerprint density at radius 1 is 1.14 bits per heavy atom. The highest BCUT2D eigenvalue weighted by Crippen LogP contribution is 2.09. The van der Waals surface area contributed by atoms with Crippen LogP contribution in [-0.2, 0) is 24.3 Å². The molecule has 9 heteroatoms. The van der Waals surface area contributed by atoms with Crippen molar-refractivity contribution >= 4 is 33.7 Å². The number of hydrogen-bond donors (Lipinski definition) is 2. The van der Waals surface area contributed by atoms with Crippen LogP contribution in [0.5, 0.6) is 0 Å². The summed E-state index contributed by atoms with van der Waals surface area (Å²) in [4.78, 5) is 23.6. The van der Waals surface area contributed by atoms with Crippen LogP contribution in [0.25, 0.3) is 6.08 Å². The number of halogens is 1. The molecule has 7 nitrogen and oxygen atoms in total. The number of benzene rings is 2. The largest absolute Gasteiger partial charge is 0.454 e. The van der Waals surface area contributed by atoms with Crippen LogP contribution in [0.4, 0.5) is 10.1 Å². The predicted molar refractivity (Wildman–Crippen MR) is 103 cm³/mol. The molecule has 0 aromatic heterocycles. The first kappa shape index (κ1) is 21.3. The van der Waals surface area contributed by atoms with Crippen LogP contribution in [0.3, 0.4) is 0 Å². The maximum atomic E-state index is 13.1. The lowest BCUT2D eigenvalue weighted by atomic mass is 10.2. The van der Waals surface area contributed by atoms with E-state index in [0.717, 1.165) is 11.5 Å². The van der Waals surface area contributed by atoms with Gasteiger partial charge in [-0.05, 0) is 36.8 Å². The van der Waals surface area contributed by atoms with Crippen molar-refractivity contribution in [1.82, 2.24) is 4.72 Å². The van der Waals surface area contributed by atoms with E-state index in [1.807, 2.05) is 0 Å². The van der Waals surface area contributed by atoms with Gasteiger partial charge in [0.2, 0.25) is 10.0 Å². The zero-order valence-corrected chi connectivity index (χ0v) is 15.8. The third kappa shape index (κ3) is 7.29. The minimum absolute atomic E-state index is 0.209. The van der Waals surface area contributed by atoms with Gasteiger partial charge in [0, 0.05) is 11.1 Å². The Morgan fingerprint density at radius 3 is 2.54 bits per heavy atom. The molecular formula is C19H19FN2O5S. The molecule has 0 aliphatic carbocycles. The smallest absolute Gasteiger partial charge is 0.324 e. The lowest BCUT2D eigenvalue weighted by Gasteiger charge is -2.12. The molecule has 0 aliphatic heterocycles. The van der Waals surface area contributed by atoms with E-state index in [2.05, 4.69) is 10.0 Å². The van der Waals surface area contributed by atoms with Gasteiger partial charge >= 0.3 is 5.97 Å². The SMILES string of the molecule is C[C@H](NS(=O)(=O)/C=C/c1ccccc1)C(=O)OCC(=O)Nc1cccc(F)c1. The molecule has 0 fully saturated rings. The highest BCUT2D eigenvalue weighted by molar-refractivity contribution is 7.92. The summed E-state index contributed by atoms with van der Waals surface area (Å²) in [6.07, 6.45) is 1.38. The van der Waals surface area contributed by atoms with E-state index in [9.17, 15) is 22.4 Å². The van der Waals surface area contributed by atoms with Crippen LogP contribution in [-0.4, -0.2) is 32.9 Å². The number of ether oxygens (including phenoxy) is 1. The maximum absolute atomic E-state index is 13.1. The average molecular weight is 406 g/mol. The van der Waals surface area contributed by atoms with Gasteiger partial charge in [-0.1, -0.05) is 36.4 Å². The fraction of sp³-hybridized carbons (Fsp3) is 0.158. The molecule has 0 unspecified atom stereocenters. The van der Waals surface area contributed by atoms with Crippen molar-refractivity contribution in [3.05, 3.63) is 71.4 Å². The molecule has 0 spiro atoms. The highest BCUT2D eigenvalue weighted by atomic mass is 32.2. The molecule has 0 saturated carbocycles. The third-order valence-electron chi connectivity index (χ3n) is 3.39. The van der Waals surface area contributed by atoms with Gasteiger partial charge in [-0.2, -0.15) is 4.72 Å². The Balaban J connectivity index is 1.83. The van der Waals surface area contributed by atoms with Crippen molar-refractivity contribution in [2.24, 2.45) is 0 Å². The van der Waals surface area contributed by atoms with Crippen LogP contribution in [0.2, 0.25) is 0 Å². The first-order valence-corrected chi connectivity index (χ1v) is 9.77. The van der Waals surface area contributed by atoms with Gasteiger partial charge in [-0.25, -0.2) is 12.8 Å². The Morgan fingerprint density at radius 2 is 1.86 bits per heavy atom. The second-order valence-electron chi connectivity index (χ2n) is 5.76. The van der Waals surface area contributed by atoms with Gasteiger partial charge in [0.05, 0.1) is 0 Å². The fourth-order valence-electron chi connectivity index (χ4n) is 2.09. The van der Waals surface area contributed by atoms with Crippen molar-refractivity contribution in [2.45, 2.75) is 13.0 Å². The van der Waals surface area contributed by atoms with E-state index in [4.69, 9.17) is 4.74 Å². The summed E-state index contributed by atoms with van der Waals surface area (Å²) >= 11 is 0. The molecule has 0 radical (unpaired) electrons. The summed E-state index contributed by atoms with van der Waals surface area (Å²) in [6.45, 7) is 0.655. The van der Waals surface area contributed by atoms with Crippen LogP contribution in [0, 0.1) is 5.82 Å². The van der Waals surface area contributed by atoms with E-state index in [-0.39, 0.29) is 5.69 Å². The van der Waals surface area contributed by atoms with E-state index in [1.165, 1.54) is 31.2 Å². The summed E-state index contributed by atoms with van der Waals surface area (Å²) < 4.78 is 44.0. The molecule has 2 N–H and O–H groups in total. The van der Waals surface area contributed by atoms with Crippen molar-refractivity contribution in [2.75, 3.05) is 11.9 Å². The first-order chi connectivity index (χ1) is 13.2. The van der Waals surface area contributed by atoms with Gasteiger partial charge in [-0.3, -0.25) is 9.59 Å². The molecule has 28 heavy (non-hydrogen) atoms. The molecular weight excluding hydrogens is 387 g/mol. The molecule has 148 valence electrons. The van der Waals surface area contributed by atoms with E-state index in [0.29, 0.717) is 5.56 Å². The molecule has 0 aliphatic rings. The number of esters is 1. The second-order valence-corrected chi connectivity index (χ2v) is 7.36. The Kier molecular flexibility index (Phi) is 7.42. The van der Waals surface area contributed by atoms with Crippen LogP contribution in [0.15, 0.2) is 60.0 Å². The number of sulfonamides is 1. The number of hydrogen-bond acceptors (Lipinski definition) is 5. The number of carbonyl (C=O) groups is 2. The molecule has 0 heterocycles. The van der Waals surface area contributed by atoms with E-state index < -0.39 is 40.4 Å². The lowest BCUT2D eigenvalue weighted by Crippen LogP contribution is -2.39. The van der Waals surface area contributed by atoms with Crippen LogP contribution >= 0.6 is 0 Å². The minimum Gasteiger partial charge on any atom is -0.454 e. The number of amides is 1. The van der Waals surface area contributed by atoms with Crippen molar-refractivity contribution in [1.29, 1.82) is 0 Å². The Labute approximate surface area is 162 Å². The second kappa shape index (κ2) is 9.77. The van der Waals surface area contributed by atoms with Crippen LogP contribution < -0.4 is 10.0 Å². The highest BCUT2D eigenvalue weighted by Gasteiger charge is 2.20. The molecule has 1 amide bonds. The third-order valence-corrected chi connectivity index (χ3v) is 4.56. The van der Waals surface area contributed by atoms with Gasteiger partial charge in [0.1, 0.15) is 11.9 Å². The monoisotopic (exact) mass is 406 g/mol. The topological polar surface area (TPSA) is 102 Å². The van der Waals surface area contributed by atoms with Gasteiger partial charge < -0.3 is 10.1 Å². The summed E-state index contributed by atoms with van der Waals surface area (Å²) in [7, 11) is -3.89. The Bertz CT molecular complexity index is 961. The maximum Gasteiger partial charge on any atom is 0.324 e. The van der Waals surface area contributed by atoms with Gasteiger partial charge in [-0.15, -0.1) is 0 Å². The zero-order chi connectivity index (χ0) is 20.6. The Hall–Kier alpha value is -3.04. The van der Waals surface area contributed by atoms with Crippen molar-refractivity contribution < 1.29 is 27.1 Å². The van der Waals surface area contributed by atoms with Crippen molar-refractivity contribution in [3.63, 3.8) is 0 Å². The molecule has 2 aromatic carbocycles. The summed E-state index contributed by atoms with van der Waals surface area (Å²) in [5.74, 6) is -2.13. The molecule has 1 atom stereocenters. The normalized spacial score (nSPS) is 12.5. The predicted octanol–water partition coefficient (Wildman–Crippen LogP) is 2.29. The minimum atomic E-state index is -3.89. The van der Waals surface area contributed by atoms with Crippen LogP contribution in [0.1, 0.15) is 12.5 Å². The fourth-order valence-corrected chi connectivity index (χ4v) is 3.09. The van der Waals surface area contributed by atoms with Crippen molar-refractivity contribution in [3.8, 4) is 0 Å². The number of carbonyl (C=O) groups excluding carboxylic acids is 2. The van der Waals surface area contributed by atoms with Gasteiger partial charge in [0.25, 0.3) is 5.91 Å². The standard InChI is InChI=1S/C19H19FN2O5S/c1-14(22-28(25,26)11-10-15-6-3-2-4-7-15)19(24)27-13-18(23)21-17-9-5-8-16(20)12-17/h2-12,14,22H,13H2,1H3,(H,21,23)/b11-10+/t14-/m0/s1. The van der Waals surface area contributed by atoms with E-state index in [1.54, 1.807) is 30.3 Å². The zero-order valence-electron chi connectivity index (χ0n) is 15.0. The number of nitrogens with one attached hydrogen (secondary N) is 2. The average Bonchev–Trinajstić information content (AvgIpc) is 2.65. The summed E-state index contributed by atoms with van der Waals surface area (Å²) in [5, 5.41) is 3.29.